The summed E-state index contributed by atoms with van der Waals surface area (Å²) >= 11 is 0. The van der Waals surface area contributed by atoms with Crippen molar-refractivity contribution in [3.63, 3.8) is 0 Å². The van der Waals surface area contributed by atoms with E-state index in [-0.39, 0.29) is 6.54 Å². The summed E-state index contributed by atoms with van der Waals surface area (Å²) in [6, 6.07) is 16.9. The minimum absolute atomic E-state index is 0.0725. The van der Waals surface area contributed by atoms with Gasteiger partial charge in [-0.3, -0.25) is 4.79 Å². The molecule has 3 rings (SSSR count). The molecule has 0 fully saturated rings. The van der Waals surface area contributed by atoms with Crippen molar-refractivity contribution in [3.05, 3.63) is 65.2 Å². The zero-order valence-corrected chi connectivity index (χ0v) is 18.4. The highest BCUT2D eigenvalue weighted by Crippen LogP contribution is 2.33. The monoisotopic (exact) mass is 422 g/mol. The lowest BCUT2D eigenvalue weighted by Crippen LogP contribution is -2.52. The predicted octanol–water partition coefficient (Wildman–Crippen LogP) is 4.33. The number of esters is 1. The summed E-state index contributed by atoms with van der Waals surface area (Å²) in [4.78, 5) is 11.8. The van der Waals surface area contributed by atoms with Crippen molar-refractivity contribution >= 4 is 17.6 Å². The van der Waals surface area contributed by atoms with Gasteiger partial charge in [-0.1, -0.05) is 48.5 Å². The molecule has 4 N–H and O–H groups in total. The van der Waals surface area contributed by atoms with Crippen LogP contribution < -0.4 is 16.2 Å². The van der Waals surface area contributed by atoms with Crippen LogP contribution in [0.2, 0.25) is 0 Å². The number of carbonyl (C=O) groups is 1. The molecule has 0 bridgehead atoms. The van der Waals surface area contributed by atoms with Crippen LogP contribution in [0.1, 0.15) is 55.7 Å². The van der Waals surface area contributed by atoms with Crippen LogP contribution in [0.15, 0.2) is 48.5 Å². The number of benzene rings is 2. The molecule has 0 aromatic heterocycles. The molecule has 2 aromatic rings. The molecule has 1 aliphatic carbocycles. The Morgan fingerprint density at radius 2 is 1.77 bits per heavy atom. The van der Waals surface area contributed by atoms with Crippen molar-refractivity contribution in [2.24, 2.45) is 11.5 Å². The van der Waals surface area contributed by atoms with E-state index in [0.29, 0.717) is 13.2 Å². The first kappa shape index (κ1) is 23.0. The van der Waals surface area contributed by atoms with Gasteiger partial charge >= 0.3 is 5.97 Å². The predicted molar refractivity (Wildman–Crippen MR) is 126 cm³/mol. The Labute approximate surface area is 185 Å². The van der Waals surface area contributed by atoms with Crippen molar-refractivity contribution < 1.29 is 14.3 Å². The molecule has 1 unspecified atom stereocenters. The molecule has 5 heteroatoms. The fourth-order valence-corrected chi connectivity index (χ4v) is 3.69. The van der Waals surface area contributed by atoms with Crippen molar-refractivity contribution in [2.75, 3.05) is 19.8 Å². The van der Waals surface area contributed by atoms with Gasteiger partial charge in [0.25, 0.3) is 0 Å². The Balaban J connectivity index is 1.48. The quantitative estimate of drug-likeness (QED) is 0.439. The topological polar surface area (TPSA) is 87.6 Å². The smallest absolute Gasteiger partial charge is 0.327 e. The summed E-state index contributed by atoms with van der Waals surface area (Å²) in [5.74, 6) is 0.539. The molecule has 0 saturated carbocycles. The minimum Gasteiger partial charge on any atom is -0.493 e. The van der Waals surface area contributed by atoms with Gasteiger partial charge in [0.15, 0.2) is 0 Å². The number of hydrogen-bond donors (Lipinski definition) is 2. The van der Waals surface area contributed by atoms with Crippen molar-refractivity contribution in [1.29, 1.82) is 0 Å². The van der Waals surface area contributed by atoms with Gasteiger partial charge in [-0.15, -0.1) is 0 Å². The van der Waals surface area contributed by atoms with Crippen LogP contribution in [-0.2, 0) is 16.0 Å². The zero-order valence-electron chi connectivity index (χ0n) is 18.4. The normalized spacial score (nSPS) is 15.3. The van der Waals surface area contributed by atoms with Crippen LogP contribution in [0.3, 0.4) is 0 Å². The van der Waals surface area contributed by atoms with Crippen molar-refractivity contribution in [1.82, 2.24) is 0 Å². The van der Waals surface area contributed by atoms with Gasteiger partial charge in [0, 0.05) is 12.1 Å². The Kier molecular flexibility index (Phi) is 8.27. The van der Waals surface area contributed by atoms with Crippen LogP contribution in [0.4, 0.5) is 0 Å². The number of allylic oxidation sites excluding steroid dienone is 1. The number of hydrogen-bond acceptors (Lipinski definition) is 5. The number of carbonyl (C=O) groups excluding carboxylic acids is 1. The van der Waals surface area contributed by atoms with Gasteiger partial charge in [-0.05, 0) is 68.2 Å². The van der Waals surface area contributed by atoms with E-state index in [2.05, 4.69) is 54.6 Å². The van der Waals surface area contributed by atoms with Crippen LogP contribution in [0.5, 0.6) is 5.75 Å². The Morgan fingerprint density at radius 1 is 1.00 bits per heavy atom. The maximum absolute atomic E-state index is 11.8. The van der Waals surface area contributed by atoms with E-state index >= 15 is 0 Å². The van der Waals surface area contributed by atoms with E-state index in [4.69, 9.17) is 20.9 Å². The number of nitrogens with two attached hydrogens (primary N) is 2. The van der Waals surface area contributed by atoms with Gasteiger partial charge in [-0.25, -0.2) is 0 Å². The van der Waals surface area contributed by atoms with Crippen molar-refractivity contribution in [2.45, 2.75) is 51.0 Å². The molecule has 0 radical (unpaired) electrons. The van der Waals surface area contributed by atoms with Crippen LogP contribution in [0, 0.1) is 0 Å². The van der Waals surface area contributed by atoms with Crippen molar-refractivity contribution in [3.8, 4) is 5.75 Å². The lowest BCUT2D eigenvalue weighted by atomic mass is 10.0. The molecule has 0 amide bonds. The van der Waals surface area contributed by atoms with Crippen LogP contribution in [-0.4, -0.2) is 31.3 Å². The third-order valence-corrected chi connectivity index (χ3v) is 5.69. The molecule has 0 spiro atoms. The second kappa shape index (κ2) is 11.1. The fourth-order valence-electron chi connectivity index (χ4n) is 3.69. The lowest BCUT2D eigenvalue weighted by Gasteiger charge is -2.20. The summed E-state index contributed by atoms with van der Waals surface area (Å²) < 4.78 is 11.3. The third-order valence-electron chi connectivity index (χ3n) is 5.69. The maximum Gasteiger partial charge on any atom is 0.327 e. The van der Waals surface area contributed by atoms with Crippen LogP contribution in [0.25, 0.3) is 11.6 Å². The number of rotatable bonds is 10. The van der Waals surface area contributed by atoms with Crippen LogP contribution >= 0.6 is 0 Å². The van der Waals surface area contributed by atoms with Gasteiger partial charge in [0.2, 0.25) is 0 Å². The second-order valence-corrected chi connectivity index (χ2v) is 8.38. The SMILES string of the molecule is CC(N)(CN)C(=O)OCCCCCOc1cccc2c1CCCC(c1ccccc1)=C2. The third kappa shape index (κ3) is 6.42. The molecule has 0 saturated heterocycles. The highest BCUT2D eigenvalue weighted by Gasteiger charge is 2.28. The molecular formula is C26H34N2O3. The summed E-state index contributed by atoms with van der Waals surface area (Å²) in [5.41, 5.74) is 15.4. The standard InChI is InChI=1S/C26H34N2O3/c1-26(28,19-27)25(29)31-17-7-3-6-16-30-24-15-9-13-22-18-21(12-8-14-23(22)24)20-10-4-2-5-11-20/h2,4-5,9-11,13,15,18H,3,6-8,12,14,16-17,19,27-28H2,1H3. The largest absolute Gasteiger partial charge is 0.493 e. The molecule has 0 aliphatic heterocycles. The maximum atomic E-state index is 11.8. The number of ether oxygens (including phenoxy) is 2. The Hall–Kier alpha value is -2.63. The fraction of sp³-hybridized carbons (Fsp3) is 0.423. The summed E-state index contributed by atoms with van der Waals surface area (Å²) in [7, 11) is 0. The molecule has 0 heterocycles. The van der Waals surface area contributed by atoms with Gasteiger partial charge in [0.1, 0.15) is 11.3 Å². The molecule has 2 aromatic carbocycles. The summed E-state index contributed by atoms with van der Waals surface area (Å²) in [6.45, 7) is 2.67. The second-order valence-electron chi connectivity index (χ2n) is 8.38. The highest BCUT2D eigenvalue weighted by molar-refractivity contribution is 5.83. The van der Waals surface area contributed by atoms with E-state index in [1.807, 2.05) is 0 Å². The summed E-state index contributed by atoms with van der Waals surface area (Å²) in [6.07, 6.45) is 8.13. The molecule has 166 valence electrons. The van der Waals surface area contributed by atoms with Gasteiger partial charge in [-0.2, -0.15) is 0 Å². The van der Waals surface area contributed by atoms with Gasteiger partial charge < -0.3 is 20.9 Å². The minimum atomic E-state index is -1.11. The first-order chi connectivity index (χ1) is 15.0. The first-order valence-electron chi connectivity index (χ1n) is 11.2. The van der Waals surface area contributed by atoms with E-state index in [0.717, 1.165) is 44.3 Å². The number of unbranched alkanes of at least 4 members (excludes halogenated alkanes) is 2. The molecule has 1 atom stereocenters. The molecule has 5 nitrogen and oxygen atoms in total. The average Bonchev–Trinajstić information content (AvgIpc) is 3.02. The van der Waals surface area contributed by atoms with E-state index in [1.54, 1.807) is 6.92 Å². The first-order valence-corrected chi connectivity index (χ1v) is 11.2. The van der Waals surface area contributed by atoms with E-state index < -0.39 is 11.5 Å². The highest BCUT2D eigenvalue weighted by atomic mass is 16.5. The zero-order chi connectivity index (χ0) is 22.1. The summed E-state index contributed by atoms with van der Waals surface area (Å²) in [5, 5.41) is 0. The molecule has 31 heavy (non-hydrogen) atoms. The van der Waals surface area contributed by atoms with E-state index in [1.165, 1.54) is 22.3 Å². The van der Waals surface area contributed by atoms with Gasteiger partial charge in [0.05, 0.1) is 13.2 Å². The molecular weight excluding hydrogens is 388 g/mol. The lowest BCUT2D eigenvalue weighted by molar-refractivity contribution is -0.149. The Morgan fingerprint density at radius 3 is 2.55 bits per heavy atom. The average molecular weight is 423 g/mol. The van der Waals surface area contributed by atoms with E-state index in [9.17, 15) is 4.79 Å². The number of fused-ring (bicyclic) bond motifs is 1. The Bertz CT molecular complexity index is 891. The molecule has 1 aliphatic rings.